The number of aromatic nitrogens is 1. The summed E-state index contributed by atoms with van der Waals surface area (Å²) in [6, 6.07) is 5.91. The molecule has 1 nitrogen and oxygen atoms in total. The van der Waals surface area contributed by atoms with Gasteiger partial charge in [0.05, 0.1) is 15.2 Å². The molecule has 56 valence electrons. The average molecular weight is 185 g/mol. The van der Waals surface area contributed by atoms with Gasteiger partial charge in [-0.3, -0.25) is 0 Å². The van der Waals surface area contributed by atoms with Crippen LogP contribution in [0.4, 0.5) is 0 Å². The Hall–Kier alpha value is -0.600. The molecule has 0 aliphatic heterocycles. The largest absolute Gasteiger partial charge is 0.241 e. The Kier molecular flexibility index (Phi) is 1.59. The van der Waals surface area contributed by atoms with E-state index in [4.69, 9.17) is 11.6 Å². The summed E-state index contributed by atoms with van der Waals surface area (Å²) in [6.07, 6.45) is 0. The molecule has 0 unspecified atom stereocenters. The lowest BCUT2D eigenvalue weighted by Gasteiger charge is -1.81. The van der Waals surface area contributed by atoms with E-state index in [1.807, 2.05) is 25.1 Å². The van der Waals surface area contributed by atoms with E-state index >= 15 is 0 Å². The van der Waals surface area contributed by atoms with Crippen LogP contribution in [-0.4, -0.2) is 4.98 Å². The highest BCUT2D eigenvalue weighted by Gasteiger charge is 2.02. The first-order valence-electron chi connectivity index (χ1n) is 3.30. The van der Waals surface area contributed by atoms with Crippen molar-refractivity contribution in [1.29, 1.82) is 0 Å². The Morgan fingerprint density at radius 1 is 1.45 bits per heavy atom. The lowest BCUT2D eigenvalue weighted by Crippen LogP contribution is -1.69. The van der Waals surface area contributed by atoms with Crippen LogP contribution >= 0.6 is 11.3 Å². The molecule has 2 rings (SSSR count). The number of benzene rings is 1. The van der Waals surface area contributed by atoms with Gasteiger partial charge in [0, 0.05) is 12.1 Å². The predicted molar refractivity (Wildman–Crippen MR) is 44.9 cm³/mol. The van der Waals surface area contributed by atoms with Crippen LogP contribution in [0.25, 0.3) is 10.2 Å². The second-order valence-electron chi connectivity index (χ2n) is 2.36. The van der Waals surface area contributed by atoms with Crippen molar-refractivity contribution in [3.05, 3.63) is 28.2 Å². The van der Waals surface area contributed by atoms with E-state index in [0.717, 1.165) is 15.5 Å². The van der Waals surface area contributed by atoms with Gasteiger partial charge in [-0.25, -0.2) is 4.98 Å². The van der Waals surface area contributed by atoms with Gasteiger partial charge < -0.3 is 0 Å². The molecule has 0 aliphatic rings. The van der Waals surface area contributed by atoms with Crippen LogP contribution in [0, 0.1) is 18.5 Å². The number of hydrogen-bond donors (Lipinski definition) is 0. The van der Waals surface area contributed by atoms with Crippen molar-refractivity contribution in [3.63, 3.8) is 0 Å². The fraction of sp³-hybridized carbons (Fsp3) is 0.125. The fourth-order valence-electron chi connectivity index (χ4n) is 1.02. The predicted octanol–water partition coefficient (Wildman–Crippen LogP) is 2.30. The van der Waals surface area contributed by atoms with E-state index in [1.165, 1.54) is 4.70 Å². The molecule has 0 aliphatic carbocycles. The Balaban J connectivity index is 2.82. The fourth-order valence-corrected chi connectivity index (χ4v) is 2.01. The van der Waals surface area contributed by atoms with Gasteiger partial charge in [0.2, 0.25) is 5.02 Å². The molecule has 0 amide bonds. The lowest BCUT2D eigenvalue weighted by molar-refractivity contribution is -0.288. The standard InChI is InChI=1S/C8H7ClNS/c1-5-10-7-4-6(9)2-3-8(7)11-5/h2-4,9H,1H3/q+1. The van der Waals surface area contributed by atoms with E-state index in [2.05, 4.69) is 4.98 Å². The maximum absolute atomic E-state index is 5.01. The van der Waals surface area contributed by atoms with Gasteiger partial charge in [0.15, 0.2) is 11.6 Å². The van der Waals surface area contributed by atoms with Crippen LogP contribution in [0.15, 0.2) is 18.2 Å². The van der Waals surface area contributed by atoms with Gasteiger partial charge in [-0.2, -0.15) is 0 Å². The van der Waals surface area contributed by atoms with Crippen LogP contribution in [-0.2, 0) is 0 Å². The molecule has 2 aromatic rings. The molecule has 1 aromatic carbocycles. The van der Waals surface area contributed by atoms with E-state index in [9.17, 15) is 0 Å². The van der Waals surface area contributed by atoms with Gasteiger partial charge in [-0.05, 0) is 13.0 Å². The lowest BCUT2D eigenvalue weighted by atomic mass is 10.3. The quantitative estimate of drug-likeness (QED) is 0.613. The van der Waals surface area contributed by atoms with Crippen molar-refractivity contribution in [2.24, 2.45) is 0 Å². The summed E-state index contributed by atoms with van der Waals surface area (Å²) in [6.45, 7) is 2.01. The monoisotopic (exact) mass is 184 g/mol. The third-order valence-corrected chi connectivity index (χ3v) is 2.67. The second-order valence-corrected chi connectivity index (χ2v) is 4.07. The maximum Gasteiger partial charge on any atom is 0.227 e. The van der Waals surface area contributed by atoms with Crippen LogP contribution < -0.4 is 0 Å². The Morgan fingerprint density at radius 2 is 2.27 bits per heavy atom. The zero-order chi connectivity index (χ0) is 7.84. The number of halogens is 1. The Bertz CT molecular complexity index is 394. The molecule has 0 radical (unpaired) electrons. The number of nitrogens with zero attached hydrogens (tertiary/aromatic N) is 1. The summed E-state index contributed by atoms with van der Waals surface area (Å²) >= 11 is 6.72. The molecular formula is C8H7ClNS+. The van der Waals surface area contributed by atoms with E-state index in [-0.39, 0.29) is 0 Å². The topological polar surface area (TPSA) is 12.9 Å². The van der Waals surface area contributed by atoms with Crippen molar-refractivity contribution >= 4 is 21.6 Å². The summed E-state index contributed by atoms with van der Waals surface area (Å²) < 4.78 is 1.22. The number of fused-ring (bicyclic) bond motifs is 1. The van der Waals surface area contributed by atoms with Crippen molar-refractivity contribution in [2.45, 2.75) is 6.92 Å². The van der Waals surface area contributed by atoms with Gasteiger partial charge >= 0.3 is 0 Å². The number of thiazole rings is 1. The van der Waals surface area contributed by atoms with E-state index in [1.54, 1.807) is 11.3 Å². The molecule has 0 atom stereocenters. The molecule has 0 spiro atoms. The summed E-state index contributed by atoms with van der Waals surface area (Å²) in [5.41, 5.74) is 1.03. The molecule has 0 saturated heterocycles. The minimum Gasteiger partial charge on any atom is -0.241 e. The average Bonchev–Trinajstić information content (AvgIpc) is 2.27. The second kappa shape index (κ2) is 2.47. The number of rotatable bonds is 0. The van der Waals surface area contributed by atoms with E-state index in [0.29, 0.717) is 0 Å². The van der Waals surface area contributed by atoms with E-state index < -0.39 is 0 Å². The van der Waals surface area contributed by atoms with Gasteiger partial charge in [-0.15, -0.1) is 11.3 Å². The van der Waals surface area contributed by atoms with Crippen LogP contribution in [0.3, 0.4) is 0 Å². The maximum atomic E-state index is 5.01. The summed E-state index contributed by atoms with van der Waals surface area (Å²) in [5.74, 6) is 0. The zero-order valence-corrected chi connectivity index (χ0v) is 7.63. The first-order valence-corrected chi connectivity index (χ1v) is 4.52. The SMILES string of the molecule is Cc1nc2cc([ClH+])ccc2s1. The summed E-state index contributed by atoms with van der Waals surface area (Å²) in [4.78, 5) is 4.33. The van der Waals surface area contributed by atoms with Crippen molar-refractivity contribution in [3.8, 4) is 0 Å². The number of hydrogen-bond acceptors (Lipinski definition) is 2. The third kappa shape index (κ3) is 1.24. The highest BCUT2D eigenvalue weighted by Crippen LogP contribution is 2.22. The first kappa shape index (κ1) is 7.07. The van der Waals surface area contributed by atoms with Gasteiger partial charge in [0.1, 0.15) is 0 Å². The minimum absolute atomic E-state index is 0.864. The van der Waals surface area contributed by atoms with Gasteiger partial charge in [-0.1, -0.05) is 0 Å². The van der Waals surface area contributed by atoms with Crippen LogP contribution in [0.2, 0.25) is 5.02 Å². The Morgan fingerprint density at radius 3 is 3.09 bits per heavy atom. The summed E-state index contributed by atoms with van der Waals surface area (Å²) in [5, 5.41) is 1.96. The van der Waals surface area contributed by atoms with Gasteiger partial charge in [0.25, 0.3) is 0 Å². The minimum atomic E-state index is 0.864. The molecule has 1 aromatic heterocycles. The molecule has 0 bridgehead atoms. The smallest absolute Gasteiger partial charge is 0.227 e. The highest BCUT2D eigenvalue weighted by atomic mass is 35.5. The zero-order valence-electron chi connectivity index (χ0n) is 6.00. The normalized spacial score (nSPS) is 10.7. The third-order valence-electron chi connectivity index (χ3n) is 1.47. The molecule has 3 heteroatoms. The first-order chi connectivity index (χ1) is 5.25. The summed E-state index contributed by atoms with van der Waals surface area (Å²) in [7, 11) is 0. The molecule has 1 heterocycles. The van der Waals surface area contributed by atoms with Crippen molar-refractivity contribution < 1.29 is 11.6 Å². The van der Waals surface area contributed by atoms with Crippen LogP contribution in [0.5, 0.6) is 0 Å². The van der Waals surface area contributed by atoms with Crippen LogP contribution in [0.1, 0.15) is 5.01 Å². The molecule has 0 N–H and O–H groups in total. The molecular weight excluding hydrogens is 178 g/mol. The number of aryl methyl sites for hydroxylation is 1. The molecule has 0 fully saturated rings. The molecule has 0 saturated carbocycles. The van der Waals surface area contributed by atoms with Crippen molar-refractivity contribution in [1.82, 2.24) is 4.98 Å². The Labute approximate surface area is 73.6 Å². The molecule has 11 heavy (non-hydrogen) atoms. The van der Waals surface area contributed by atoms with Crippen molar-refractivity contribution in [2.75, 3.05) is 0 Å². The highest BCUT2D eigenvalue weighted by molar-refractivity contribution is 7.18.